The molecule has 0 aliphatic heterocycles. The van der Waals surface area contributed by atoms with E-state index in [-0.39, 0.29) is 17.8 Å². The molecule has 1 aromatic rings. The fourth-order valence-electron chi connectivity index (χ4n) is 2.66. The van der Waals surface area contributed by atoms with Crippen molar-refractivity contribution in [1.29, 1.82) is 0 Å². The predicted octanol–water partition coefficient (Wildman–Crippen LogP) is 2.02. The van der Waals surface area contributed by atoms with Gasteiger partial charge in [-0.2, -0.15) is 0 Å². The molecule has 0 aliphatic rings. The molecule has 0 aromatic carbocycles. The van der Waals surface area contributed by atoms with Crippen LogP contribution in [0.2, 0.25) is 0 Å². The van der Waals surface area contributed by atoms with Crippen molar-refractivity contribution < 1.29 is 14.5 Å². The molecule has 0 saturated heterocycles. The van der Waals surface area contributed by atoms with Gasteiger partial charge in [-0.05, 0) is 33.6 Å². The van der Waals surface area contributed by atoms with E-state index in [1.165, 1.54) is 0 Å². The average molecular weight is 296 g/mol. The van der Waals surface area contributed by atoms with Crippen LogP contribution in [-0.2, 0) is 4.79 Å². The number of aryl methyl sites for hydroxylation is 2. The minimum Gasteiger partial charge on any atom is -0.409 e. The van der Waals surface area contributed by atoms with Crippen LogP contribution in [0.15, 0.2) is 9.68 Å². The third-order valence-corrected chi connectivity index (χ3v) is 4.11. The first-order valence-corrected chi connectivity index (χ1v) is 7.05. The lowest BCUT2D eigenvalue weighted by atomic mass is 9.80. The molecule has 21 heavy (non-hydrogen) atoms. The van der Waals surface area contributed by atoms with Crippen molar-refractivity contribution in [3.05, 3.63) is 17.0 Å². The quantitative estimate of drug-likeness (QED) is 0.321. The molecule has 1 amide bonds. The van der Waals surface area contributed by atoms with Crippen LogP contribution in [0.5, 0.6) is 0 Å². The molecular weight excluding hydrogens is 272 g/mol. The first-order chi connectivity index (χ1) is 9.83. The largest absolute Gasteiger partial charge is 0.409 e. The molecule has 0 aliphatic carbocycles. The molecule has 1 atom stereocenters. The van der Waals surface area contributed by atoms with E-state index in [1.54, 1.807) is 6.92 Å². The van der Waals surface area contributed by atoms with Gasteiger partial charge in [-0.1, -0.05) is 24.2 Å². The lowest BCUT2D eigenvalue weighted by molar-refractivity contribution is -0.128. The van der Waals surface area contributed by atoms with Gasteiger partial charge in [0.1, 0.15) is 11.2 Å². The lowest BCUT2D eigenvalue weighted by Gasteiger charge is -2.30. The SMILES string of the molecule is CCC(CC)(C(=O)NC(C)c1c(C)noc1C)C(N)=NO. The minimum absolute atomic E-state index is 0.0732. The van der Waals surface area contributed by atoms with Crippen LogP contribution in [0.3, 0.4) is 0 Å². The minimum atomic E-state index is -1.01. The number of amides is 1. The molecule has 1 heterocycles. The number of carbonyl (C=O) groups is 1. The van der Waals surface area contributed by atoms with Gasteiger partial charge in [-0.3, -0.25) is 4.79 Å². The van der Waals surface area contributed by atoms with E-state index in [4.69, 9.17) is 15.5 Å². The highest BCUT2D eigenvalue weighted by atomic mass is 16.5. The monoisotopic (exact) mass is 296 g/mol. The Balaban J connectivity index is 3.03. The standard InChI is InChI=1S/C14H24N4O3/c1-6-14(7-2,12(15)17-20)13(19)16-8(3)11-9(4)18-21-10(11)5/h8,20H,6-7H2,1-5H3,(H2,15,17)(H,16,19). The molecular formula is C14H24N4O3. The van der Waals surface area contributed by atoms with Gasteiger partial charge in [0.2, 0.25) is 5.91 Å². The molecule has 118 valence electrons. The van der Waals surface area contributed by atoms with Gasteiger partial charge < -0.3 is 20.8 Å². The van der Waals surface area contributed by atoms with E-state index >= 15 is 0 Å². The van der Waals surface area contributed by atoms with Crippen molar-refractivity contribution in [3.63, 3.8) is 0 Å². The number of hydrogen-bond acceptors (Lipinski definition) is 5. The second-order valence-electron chi connectivity index (χ2n) is 5.21. The van der Waals surface area contributed by atoms with Gasteiger partial charge in [-0.25, -0.2) is 0 Å². The van der Waals surface area contributed by atoms with Crippen molar-refractivity contribution in [1.82, 2.24) is 10.5 Å². The number of nitrogens with one attached hydrogen (secondary N) is 1. The van der Waals surface area contributed by atoms with Crippen LogP contribution in [0.1, 0.15) is 56.7 Å². The molecule has 0 saturated carbocycles. The van der Waals surface area contributed by atoms with Gasteiger partial charge in [0.25, 0.3) is 0 Å². The number of hydrogen-bond donors (Lipinski definition) is 3. The van der Waals surface area contributed by atoms with Crippen LogP contribution in [-0.4, -0.2) is 22.1 Å². The van der Waals surface area contributed by atoms with E-state index in [9.17, 15) is 4.79 Å². The number of aromatic nitrogens is 1. The molecule has 0 radical (unpaired) electrons. The summed E-state index contributed by atoms with van der Waals surface area (Å²) in [5.74, 6) is 0.328. The van der Waals surface area contributed by atoms with Gasteiger partial charge in [-0.15, -0.1) is 0 Å². The summed E-state index contributed by atoms with van der Waals surface area (Å²) in [6, 6.07) is -0.271. The number of nitrogens with two attached hydrogens (primary N) is 1. The molecule has 1 unspecified atom stereocenters. The Morgan fingerprint density at radius 3 is 2.43 bits per heavy atom. The number of amidine groups is 1. The van der Waals surface area contributed by atoms with E-state index in [0.29, 0.717) is 18.6 Å². The fourth-order valence-corrected chi connectivity index (χ4v) is 2.66. The van der Waals surface area contributed by atoms with Gasteiger partial charge >= 0.3 is 0 Å². The maximum absolute atomic E-state index is 12.6. The van der Waals surface area contributed by atoms with Crippen molar-refractivity contribution >= 4 is 11.7 Å². The van der Waals surface area contributed by atoms with Gasteiger partial charge in [0, 0.05) is 5.56 Å². The zero-order valence-corrected chi connectivity index (χ0v) is 13.2. The maximum atomic E-state index is 12.6. The Labute approximate surface area is 124 Å². The maximum Gasteiger partial charge on any atom is 0.234 e. The van der Waals surface area contributed by atoms with E-state index in [0.717, 1.165) is 11.3 Å². The Morgan fingerprint density at radius 2 is 2.05 bits per heavy atom. The Morgan fingerprint density at radius 1 is 1.48 bits per heavy atom. The predicted molar refractivity (Wildman–Crippen MR) is 79.0 cm³/mol. The van der Waals surface area contributed by atoms with Crippen LogP contribution in [0, 0.1) is 19.3 Å². The van der Waals surface area contributed by atoms with Crippen LogP contribution >= 0.6 is 0 Å². The molecule has 7 nitrogen and oxygen atoms in total. The highest BCUT2D eigenvalue weighted by Crippen LogP contribution is 2.29. The molecule has 1 aromatic heterocycles. The summed E-state index contributed by atoms with van der Waals surface area (Å²) in [6.45, 7) is 9.15. The normalized spacial score (nSPS) is 14.0. The summed E-state index contributed by atoms with van der Waals surface area (Å²) in [5, 5.41) is 18.8. The molecule has 4 N–H and O–H groups in total. The highest BCUT2D eigenvalue weighted by molar-refractivity contribution is 6.06. The van der Waals surface area contributed by atoms with Gasteiger partial charge in [0.15, 0.2) is 5.84 Å². The number of oxime groups is 1. The first-order valence-electron chi connectivity index (χ1n) is 7.05. The molecule has 7 heteroatoms. The third kappa shape index (κ3) is 3.01. The second kappa shape index (κ2) is 6.60. The summed E-state index contributed by atoms with van der Waals surface area (Å²) < 4.78 is 5.12. The molecule has 1 rings (SSSR count). The Bertz CT molecular complexity index is 513. The van der Waals surface area contributed by atoms with Crippen molar-refractivity contribution in [2.45, 2.75) is 53.5 Å². The van der Waals surface area contributed by atoms with E-state index in [1.807, 2.05) is 27.7 Å². The first kappa shape index (κ1) is 17.0. The average Bonchev–Trinajstić information content (AvgIpc) is 2.79. The van der Waals surface area contributed by atoms with E-state index in [2.05, 4.69) is 15.6 Å². The van der Waals surface area contributed by atoms with E-state index < -0.39 is 5.41 Å². The Hall–Kier alpha value is -2.05. The second-order valence-corrected chi connectivity index (χ2v) is 5.21. The summed E-state index contributed by atoms with van der Waals surface area (Å²) >= 11 is 0. The number of rotatable bonds is 6. The van der Waals surface area contributed by atoms with Crippen LogP contribution in [0.4, 0.5) is 0 Å². The number of nitrogens with zero attached hydrogens (tertiary/aromatic N) is 2. The van der Waals surface area contributed by atoms with Gasteiger partial charge in [0.05, 0.1) is 11.7 Å². The lowest BCUT2D eigenvalue weighted by Crippen LogP contribution is -2.49. The smallest absolute Gasteiger partial charge is 0.234 e. The molecule has 0 fully saturated rings. The third-order valence-electron chi connectivity index (χ3n) is 4.11. The van der Waals surface area contributed by atoms with Crippen LogP contribution in [0.25, 0.3) is 0 Å². The van der Waals surface area contributed by atoms with Crippen molar-refractivity contribution in [3.8, 4) is 0 Å². The number of carbonyl (C=O) groups excluding carboxylic acids is 1. The fraction of sp³-hybridized carbons (Fsp3) is 0.643. The van der Waals surface area contributed by atoms with Crippen LogP contribution < -0.4 is 11.1 Å². The Kier molecular flexibility index (Phi) is 5.34. The van der Waals surface area contributed by atoms with Crippen molar-refractivity contribution in [2.24, 2.45) is 16.3 Å². The molecule has 0 bridgehead atoms. The molecule has 0 spiro atoms. The summed E-state index contributed by atoms with van der Waals surface area (Å²) in [6.07, 6.45) is 0.888. The summed E-state index contributed by atoms with van der Waals surface area (Å²) in [7, 11) is 0. The zero-order chi connectivity index (χ0) is 16.2. The summed E-state index contributed by atoms with van der Waals surface area (Å²) in [4.78, 5) is 12.6. The zero-order valence-electron chi connectivity index (χ0n) is 13.2. The topological polar surface area (TPSA) is 114 Å². The highest BCUT2D eigenvalue weighted by Gasteiger charge is 2.40. The van der Waals surface area contributed by atoms with Crippen molar-refractivity contribution in [2.75, 3.05) is 0 Å². The summed E-state index contributed by atoms with van der Waals surface area (Å²) in [5.41, 5.74) is 6.31.